The second kappa shape index (κ2) is 13.2. The van der Waals surface area contributed by atoms with Gasteiger partial charge in [-0.05, 0) is 95.2 Å². The van der Waals surface area contributed by atoms with E-state index in [0.29, 0.717) is 30.1 Å². The van der Waals surface area contributed by atoms with Gasteiger partial charge in [-0.1, -0.05) is 12.1 Å². The van der Waals surface area contributed by atoms with Crippen LogP contribution in [0.5, 0.6) is 5.88 Å². The number of halogens is 1. The number of nitrogens with zero attached hydrogens (tertiary/aromatic N) is 5. The van der Waals surface area contributed by atoms with Crippen LogP contribution in [0.4, 0.5) is 4.39 Å². The van der Waals surface area contributed by atoms with Crippen molar-refractivity contribution in [3.8, 4) is 11.9 Å². The van der Waals surface area contributed by atoms with Gasteiger partial charge in [0.1, 0.15) is 23.8 Å². The Hall–Kier alpha value is -5.01. The molecule has 10 heteroatoms. The fraction of sp³-hybridized carbons (Fsp3) is 0.333. The molecule has 0 bridgehead atoms. The largest absolute Gasteiger partial charge is 0.473 e. The summed E-state index contributed by atoms with van der Waals surface area (Å²) in [6, 6.07) is 21.6. The number of esters is 1. The minimum atomic E-state index is -0.580. The predicted octanol–water partition coefficient (Wildman–Crippen LogP) is 6.73. The maximum Gasteiger partial charge on any atom is 0.338 e. The van der Waals surface area contributed by atoms with Crippen molar-refractivity contribution in [3.63, 3.8) is 0 Å². The van der Waals surface area contributed by atoms with Gasteiger partial charge in [-0.3, -0.25) is 4.90 Å². The van der Waals surface area contributed by atoms with E-state index in [1.54, 1.807) is 24.3 Å². The molecule has 0 aliphatic carbocycles. The van der Waals surface area contributed by atoms with Crippen molar-refractivity contribution < 1.29 is 18.7 Å². The van der Waals surface area contributed by atoms with Gasteiger partial charge < -0.3 is 19.0 Å². The number of piperidine rings is 1. The Morgan fingerprint density at radius 3 is 2.59 bits per heavy atom. The molecule has 1 aliphatic heterocycles. The van der Waals surface area contributed by atoms with Crippen LogP contribution in [0.25, 0.3) is 11.0 Å². The SMILES string of the molecule is CC(C)(C)OC(=O)c1ccc2nc(CN3CCC(c4cccc(OCc5ccc(C#N)cc5F)n4)CC3)n(Cc3ccc[nH]3)c2c1. The molecule has 0 unspecified atom stereocenters. The molecule has 1 saturated heterocycles. The average Bonchev–Trinajstić information content (AvgIpc) is 3.68. The van der Waals surface area contributed by atoms with Crippen molar-refractivity contribution in [2.24, 2.45) is 0 Å². The Balaban J connectivity index is 1.13. The molecule has 236 valence electrons. The molecule has 0 spiro atoms. The number of nitrogens with one attached hydrogen (secondary N) is 1. The number of carbonyl (C=O) groups is 1. The molecule has 0 atom stereocenters. The van der Waals surface area contributed by atoms with E-state index >= 15 is 0 Å². The zero-order valence-electron chi connectivity index (χ0n) is 26.3. The smallest absolute Gasteiger partial charge is 0.338 e. The fourth-order valence-corrected chi connectivity index (χ4v) is 5.78. The molecular formula is C36H37FN6O3. The summed E-state index contributed by atoms with van der Waals surface area (Å²) in [5.41, 5.74) is 4.32. The van der Waals surface area contributed by atoms with E-state index in [-0.39, 0.29) is 24.1 Å². The molecule has 0 saturated carbocycles. The number of likely N-dealkylation sites (tertiary alicyclic amines) is 1. The van der Waals surface area contributed by atoms with Gasteiger partial charge in [0.05, 0.1) is 41.3 Å². The fourth-order valence-electron chi connectivity index (χ4n) is 5.78. The van der Waals surface area contributed by atoms with Gasteiger partial charge in [0.25, 0.3) is 0 Å². The first-order valence-corrected chi connectivity index (χ1v) is 15.5. The molecule has 1 aliphatic rings. The summed E-state index contributed by atoms with van der Waals surface area (Å²) in [4.78, 5) is 28.3. The van der Waals surface area contributed by atoms with E-state index < -0.39 is 11.4 Å². The van der Waals surface area contributed by atoms with Gasteiger partial charge in [-0.2, -0.15) is 5.26 Å². The Labute approximate surface area is 267 Å². The van der Waals surface area contributed by atoms with E-state index in [4.69, 9.17) is 24.7 Å². The minimum absolute atomic E-state index is 0.0369. The van der Waals surface area contributed by atoms with E-state index in [1.807, 2.05) is 69.4 Å². The lowest BCUT2D eigenvalue weighted by Crippen LogP contribution is -2.33. The monoisotopic (exact) mass is 620 g/mol. The second-order valence-corrected chi connectivity index (χ2v) is 12.7. The zero-order valence-corrected chi connectivity index (χ0v) is 26.3. The quantitative estimate of drug-likeness (QED) is 0.182. The van der Waals surface area contributed by atoms with Crippen molar-refractivity contribution in [3.05, 3.63) is 113 Å². The highest BCUT2D eigenvalue weighted by atomic mass is 19.1. The summed E-state index contributed by atoms with van der Waals surface area (Å²) in [6.45, 7) is 8.67. The van der Waals surface area contributed by atoms with Gasteiger partial charge in [0, 0.05) is 35.1 Å². The standard InChI is InChI=1S/C36H37FN6O3/c1-36(2,3)46-35(44)26-11-12-31-32(19-26)43(21-28-6-5-15-39-28)33(40-31)22-42-16-13-25(14-17-42)30-7-4-8-34(41-30)45-23-27-10-9-24(20-38)18-29(27)37/h4-12,15,18-19,25,39H,13-14,16-17,21-23H2,1-3H3. The Kier molecular flexibility index (Phi) is 8.86. The topological polar surface area (TPSA) is 109 Å². The first kappa shape index (κ1) is 31.0. The van der Waals surface area contributed by atoms with Gasteiger partial charge in [0.2, 0.25) is 5.88 Å². The van der Waals surface area contributed by atoms with Crippen LogP contribution in [-0.4, -0.2) is 49.1 Å². The van der Waals surface area contributed by atoms with Crippen molar-refractivity contribution in [1.29, 1.82) is 5.26 Å². The third kappa shape index (κ3) is 7.27. The molecule has 5 aromatic rings. The molecular weight excluding hydrogens is 583 g/mol. The van der Waals surface area contributed by atoms with Crippen molar-refractivity contribution in [1.82, 2.24) is 24.4 Å². The van der Waals surface area contributed by atoms with Crippen LogP contribution in [-0.2, 0) is 24.4 Å². The maximum atomic E-state index is 14.3. The number of hydrogen-bond donors (Lipinski definition) is 1. The molecule has 4 heterocycles. The van der Waals surface area contributed by atoms with Gasteiger partial charge in [-0.15, -0.1) is 0 Å². The number of aromatic nitrogens is 4. The number of imidazole rings is 1. The Bertz CT molecular complexity index is 1880. The summed E-state index contributed by atoms with van der Waals surface area (Å²) in [5.74, 6) is 0.851. The van der Waals surface area contributed by atoms with Crippen LogP contribution in [0.1, 0.15) is 78.2 Å². The molecule has 1 N–H and O–H groups in total. The first-order valence-electron chi connectivity index (χ1n) is 15.5. The van der Waals surface area contributed by atoms with Gasteiger partial charge >= 0.3 is 5.97 Å². The lowest BCUT2D eigenvalue weighted by atomic mass is 9.93. The molecule has 0 radical (unpaired) electrons. The lowest BCUT2D eigenvalue weighted by Gasteiger charge is -2.31. The predicted molar refractivity (Wildman–Crippen MR) is 172 cm³/mol. The highest BCUT2D eigenvalue weighted by molar-refractivity contribution is 5.94. The van der Waals surface area contributed by atoms with E-state index in [2.05, 4.69) is 14.5 Å². The zero-order chi connectivity index (χ0) is 32.3. The van der Waals surface area contributed by atoms with E-state index in [1.165, 1.54) is 6.07 Å². The number of benzene rings is 2. The summed E-state index contributed by atoms with van der Waals surface area (Å²) in [7, 11) is 0. The molecule has 2 aromatic carbocycles. The number of H-pyrrole nitrogens is 1. The highest BCUT2D eigenvalue weighted by Crippen LogP contribution is 2.30. The van der Waals surface area contributed by atoms with Gasteiger partial charge in [-0.25, -0.2) is 19.2 Å². The number of nitriles is 1. The Morgan fingerprint density at radius 1 is 1.04 bits per heavy atom. The van der Waals surface area contributed by atoms with E-state index in [0.717, 1.165) is 54.2 Å². The number of fused-ring (bicyclic) bond motifs is 1. The summed E-state index contributed by atoms with van der Waals surface area (Å²) < 4.78 is 27.9. The summed E-state index contributed by atoms with van der Waals surface area (Å²) >= 11 is 0. The van der Waals surface area contributed by atoms with Crippen LogP contribution in [0.15, 0.2) is 72.9 Å². The molecule has 6 rings (SSSR count). The third-order valence-corrected chi connectivity index (χ3v) is 8.13. The normalized spacial score (nSPS) is 14.3. The van der Waals surface area contributed by atoms with Crippen LogP contribution >= 0.6 is 0 Å². The second-order valence-electron chi connectivity index (χ2n) is 12.7. The Morgan fingerprint density at radius 2 is 1.87 bits per heavy atom. The molecule has 46 heavy (non-hydrogen) atoms. The van der Waals surface area contributed by atoms with E-state index in [9.17, 15) is 9.18 Å². The van der Waals surface area contributed by atoms with Crippen molar-refractivity contribution in [2.45, 2.75) is 64.8 Å². The van der Waals surface area contributed by atoms with Crippen LogP contribution in [0, 0.1) is 17.1 Å². The number of ether oxygens (including phenoxy) is 2. The minimum Gasteiger partial charge on any atom is -0.473 e. The van der Waals surface area contributed by atoms with Crippen molar-refractivity contribution in [2.75, 3.05) is 13.1 Å². The molecule has 9 nitrogen and oxygen atoms in total. The molecule has 1 fully saturated rings. The summed E-state index contributed by atoms with van der Waals surface area (Å²) in [6.07, 6.45) is 3.77. The van der Waals surface area contributed by atoms with Crippen LogP contribution in [0.2, 0.25) is 0 Å². The number of aromatic amines is 1. The lowest BCUT2D eigenvalue weighted by molar-refractivity contribution is 0.00696. The summed E-state index contributed by atoms with van der Waals surface area (Å²) in [5, 5.41) is 8.97. The number of pyridine rings is 1. The number of carbonyl (C=O) groups excluding carboxylic acids is 1. The first-order chi connectivity index (χ1) is 22.1. The van der Waals surface area contributed by atoms with Crippen LogP contribution < -0.4 is 4.74 Å². The number of rotatable bonds is 9. The third-order valence-electron chi connectivity index (χ3n) is 8.13. The molecule has 0 amide bonds. The number of hydrogen-bond acceptors (Lipinski definition) is 7. The average molecular weight is 621 g/mol. The highest BCUT2D eigenvalue weighted by Gasteiger charge is 2.25. The molecule has 3 aromatic heterocycles. The maximum absolute atomic E-state index is 14.3. The van der Waals surface area contributed by atoms with Crippen molar-refractivity contribution >= 4 is 17.0 Å². The van der Waals surface area contributed by atoms with Gasteiger partial charge in [0.15, 0.2) is 0 Å². The van der Waals surface area contributed by atoms with Crippen LogP contribution in [0.3, 0.4) is 0 Å².